The van der Waals surface area contributed by atoms with E-state index in [4.69, 9.17) is 4.74 Å². The Bertz CT molecular complexity index is 875. The van der Waals surface area contributed by atoms with Crippen LogP contribution in [-0.2, 0) is 21.6 Å². The van der Waals surface area contributed by atoms with Gasteiger partial charge in [0.2, 0.25) is 5.91 Å². The predicted octanol–water partition coefficient (Wildman–Crippen LogP) is 3.20. The number of ether oxygens (including phenoxy) is 2. The van der Waals surface area contributed by atoms with Crippen LogP contribution in [0, 0.1) is 0 Å². The topological polar surface area (TPSA) is 50.8 Å². The van der Waals surface area contributed by atoms with E-state index in [0.29, 0.717) is 26.1 Å². The van der Waals surface area contributed by atoms with Gasteiger partial charge in [-0.2, -0.15) is 0 Å². The molecule has 2 aliphatic heterocycles. The number of hydrogen-bond acceptors (Lipinski definition) is 4. The number of rotatable bonds is 4. The number of likely N-dealkylation sites (tertiary alicyclic amines) is 1. The number of nitrogens with one attached hydrogen (secondary N) is 1. The molecule has 0 saturated carbocycles. The highest BCUT2D eigenvalue weighted by atomic mass is 19.4. The SMILES string of the molecule is O=C1CO[C@@H]2CN(Cc3cccc(OC(F)(F)F)c3)CC[C@@]2(c2ccccc2)N1. The molecule has 4 rings (SSSR count). The Morgan fingerprint density at radius 2 is 1.97 bits per heavy atom. The number of halogens is 3. The van der Waals surface area contributed by atoms with Crippen LogP contribution in [0.15, 0.2) is 54.6 Å². The quantitative estimate of drug-likeness (QED) is 0.847. The van der Waals surface area contributed by atoms with E-state index >= 15 is 0 Å². The average Bonchev–Trinajstić information content (AvgIpc) is 2.68. The zero-order chi connectivity index (χ0) is 20.5. The second kappa shape index (κ2) is 7.68. The van der Waals surface area contributed by atoms with Gasteiger partial charge < -0.3 is 14.8 Å². The third-order valence-electron chi connectivity index (χ3n) is 5.40. The van der Waals surface area contributed by atoms with Gasteiger partial charge in [-0.25, -0.2) is 0 Å². The molecule has 0 aromatic heterocycles. The van der Waals surface area contributed by atoms with E-state index in [0.717, 1.165) is 11.1 Å². The zero-order valence-corrected chi connectivity index (χ0v) is 15.6. The largest absolute Gasteiger partial charge is 0.573 e. The first kappa shape index (κ1) is 19.7. The first-order valence-electron chi connectivity index (χ1n) is 9.39. The summed E-state index contributed by atoms with van der Waals surface area (Å²) in [5.41, 5.74) is 1.13. The lowest BCUT2D eigenvalue weighted by atomic mass is 9.77. The Morgan fingerprint density at radius 1 is 1.17 bits per heavy atom. The smallest absolute Gasteiger partial charge is 0.406 e. The highest BCUT2D eigenvalue weighted by molar-refractivity contribution is 5.79. The lowest BCUT2D eigenvalue weighted by Gasteiger charge is -2.50. The zero-order valence-electron chi connectivity index (χ0n) is 15.6. The molecule has 0 unspecified atom stereocenters. The van der Waals surface area contributed by atoms with E-state index in [-0.39, 0.29) is 24.4 Å². The van der Waals surface area contributed by atoms with Crippen LogP contribution < -0.4 is 10.1 Å². The maximum Gasteiger partial charge on any atom is 0.573 e. The van der Waals surface area contributed by atoms with Gasteiger partial charge in [-0.3, -0.25) is 9.69 Å². The van der Waals surface area contributed by atoms with Gasteiger partial charge in [-0.1, -0.05) is 42.5 Å². The van der Waals surface area contributed by atoms with Gasteiger partial charge in [-0.15, -0.1) is 13.2 Å². The fraction of sp³-hybridized carbons (Fsp3) is 0.381. The number of morpholine rings is 1. The molecule has 1 amide bonds. The summed E-state index contributed by atoms with van der Waals surface area (Å²) in [5.74, 6) is -0.373. The van der Waals surface area contributed by atoms with Gasteiger partial charge in [0.25, 0.3) is 0 Å². The summed E-state index contributed by atoms with van der Waals surface area (Å²) in [6, 6.07) is 15.7. The number of alkyl halides is 3. The van der Waals surface area contributed by atoms with Crippen molar-refractivity contribution in [2.75, 3.05) is 19.7 Å². The molecule has 0 radical (unpaired) electrons. The van der Waals surface area contributed by atoms with Crippen molar-refractivity contribution in [3.63, 3.8) is 0 Å². The fourth-order valence-electron chi connectivity index (χ4n) is 4.16. The number of nitrogens with zero attached hydrogens (tertiary/aromatic N) is 1. The van der Waals surface area contributed by atoms with Gasteiger partial charge in [0.1, 0.15) is 12.4 Å². The maximum absolute atomic E-state index is 12.5. The molecule has 2 aromatic rings. The molecular formula is C21H21F3N2O3. The molecule has 0 bridgehead atoms. The Labute approximate surface area is 166 Å². The normalized spacial score (nSPS) is 25.2. The van der Waals surface area contributed by atoms with E-state index in [2.05, 4.69) is 15.0 Å². The summed E-state index contributed by atoms with van der Waals surface area (Å²) >= 11 is 0. The van der Waals surface area contributed by atoms with Crippen molar-refractivity contribution in [1.29, 1.82) is 0 Å². The Balaban J connectivity index is 1.50. The monoisotopic (exact) mass is 406 g/mol. The van der Waals surface area contributed by atoms with E-state index < -0.39 is 11.9 Å². The molecule has 0 spiro atoms. The van der Waals surface area contributed by atoms with Gasteiger partial charge in [0, 0.05) is 19.6 Å². The standard InChI is InChI=1S/C21H21F3N2O3/c22-21(23,24)29-17-8-4-5-15(11-17)12-26-10-9-20(16-6-2-1-3-7-16)18(13-26)28-14-19(27)25-20/h1-8,11,18H,9-10,12-14H2,(H,25,27)/t18-,20+/m1/s1. The molecule has 2 fully saturated rings. The molecule has 2 heterocycles. The van der Waals surface area contributed by atoms with Crippen molar-refractivity contribution in [2.24, 2.45) is 0 Å². The van der Waals surface area contributed by atoms with Crippen LogP contribution in [0.4, 0.5) is 13.2 Å². The number of fused-ring (bicyclic) bond motifs is 1. The minimum atomic E-state index is -4.72. The number of piperidine rings is 1. The molecule has 8 heteroatoms. The molecule has 5 nitrogen and oxygen atoms in total. The van der Waals surface area contributed by atoms with Gasteiger partial charge in [-0.05, 0) is 29.7 Å². The van der Waals surface area contributed by atoms with Crippen molar-refractivity contribution in [2.45, 2.75) is 31.0 Å². The van der Waals surface area contributed by atoms with Crippen LogP contribution in [0.2, 0.25) is 0 Å². The van der Waals surface area contributed by atoms with Crippen LogP contribution in [0.1, 0.15) is 17.5 Å². The van der Waals surface area contributed by atoms with Gasteiger partial charge in [0.15, 0.2) is 0 Å². The van der Waals surface area contributed by atoms with Crippen molar-refractivity contribution in [3.05, 3.63) is 65.7 Å². The molecule has 1 N–H and O–H groups in total. The van der Waals surface area contributed by atoms with E-state index in [1.165, 1.54) is 12.1 Å². The van der Waals surface area contributed by atoms with Crippen LogP contribution in [0.25, 0.3) is 0 Å². The number of carbonyl (C=O) groups excluding carboxylic acids is 1. The molecule has 2 atom stereocenters. The number of benzene rings is 2. The fourth-order valence-corrected chi connectivity index (χ4v) is 4.16. The maximum atomic E-state index is 12.5. The second-order valence-electron chi connectivity index (χ2n) is 7.37. The Morgan fingerprint density at radius 3 is 2.72 bits per heavy atom. The molecule has 2 aliphatic rings. The highest BCUT2D eigenvalue weighted by Gasteiger charge is 2.48. The molecule has 154 valence electrons. The van der Waals surface area contributed by atoms with Crippen LogP contribution in [0.3, 0.4) is 0 Å². The minimum absolute atomic E-state index is 0.00198. The molecule has 2 saturated heterocycles. The van der Waals surface area contributed by atoms with E-state index in [9.17, 15) is 18.0 Å². The summed E-state index contributed by atoms with van der Waals surface area (Å²) in [4.78, 5) is 14.2. The molecular weight excluding hydrogens is 385 g/mol. The summed E-state index contributed by atoms with van der Waals surface area (Å²) in [7, 11) is 0. The van der Waals surface area contributed by atoms with Crippen molar-refractivity contribution >= 4 is 5.91 Å². The summed E-state index contributed by atoms with van der Waals surface area (Å²) < 4.78 is 47.3. The average molecular weight is 406 g/mol. The highest BCUT2D eigenvalue weighted by Crippen LogP contribution is 2.37. The first-order valence-corrected chi connectivity index (χ1v) is 9.39. The minimum Gasteiger partial charge on any atom is -0.406 e. The Kier molecular flexibility index (Phi) is 5.23. The number of amides is 1. The van der Waals surface area contributed by atoms with Crippen molar-refractivity contribution < 1.29 is 27.4 Å². The van der Waals surface area contributed by atoms with Gasteiger partial charge >= 0.3 is 6.36 Å². The molecule has 0 aliphatic carbocycles. The summed E-state index contributed by atoms with van der Waals surface area (Å²) in [6.45, 7) is 1.69. The van der Waals surface area contributed by atoms with E-state index in [1.54, 1.807) is 12.1 Å². The summed E-state index contributed by atoms with van der Waals surface area (Å²) in [6.07, 6.45) is -4.31. The van der Waals surface area contributed by atoms with Crippen LogP contribution in [0.5, 0.6) is 5.75 Å². The third-order valence-corrected chi connectivity index (χ3v) is 5.40. The van der Waals surface area contributed by atoms with E-state index in [1.807, 2.05) is 30.3 Å². The molecule has 2 aromatic carbocycles. The van der Waals surface area contributed by atoms with Crippen LogP contribution in [-0.4, -0.2) is 43.0 Å². The third kappa shape index (κ3) is 4.38. The van der Waals surface area contributed by atoms with Crippen LogP contribution >= 0.6 is 0 Å². The van der Waals surface area contributed by atoms with Crippen molar-refractivity contribution in [3.8, 4) is 5.75 Å². The Hall–Kier alpha value is -2.58. The molecule has 29 heavy (non-hydrogen) atoms. The predicted molar refractivity (Wildman–Crippen MR) is 99.0 cm³/mol. The van der Waals surface area contributed by atoms with Crippen molar-refractivity contribution in [1.82, 2.24) is 10.2 Å². The lowest BCUT2D eigenvalue weighted by molar-refractivity contribution is -0.274. The van der Waals surface area contributed by atoms with Gasteiger partial charge in [0.05, 0.1) is 11.6 Å². The lowest BCUT2D eigenvalue weighted by Crippen LogP contribution is -2.66. The number of carbonyl (C=O) groups is 1. The number of hydrogen-bond donors (Lipinski definition) is 1. The summed E-state index contributed by atoms with van der Waals surface area (Å²) in [5, 5.41) is 3.13. The second-order valence-corrected chi connectivity index (χ2v) is 7.37. The first-order chi connectivity index (χ1) is 13.8.